The highest BCUT2D eigenvalue weighted by atomic mass is 35.5. The van der Waals surface area contributed by atoms with Crippen LogP contribution >= 0.6 is 11.6 Å². The molecule has 7 heteroatoms. The summed E-state index contributed by atoms with van der Waals surface area (Å²) in [4.78, 5) is 29.5. The lowest BCUT2D eigenvalue weighted by Gasteiger charge is -2.17. The van der Waals surface area contributed by atoms with Crippen LogP contribution < -0.4 is 4.74 Å². The van der Waals surface area contributed by atoms with Crippen LogP contribution in [0.4, 0.5) is 0 Å². The molecule has 1 heterocycles. The summed E-state index contributed by atoms with van der Waals surface area (Å²) in [6.07, 6.45) is 0. The molecule has 6 nitrogen and oxygen atoms in total. The maximum atomic E-state index is 12.6. The van der Waals surface area contributed by atoms with Gasteiger partial charge in [0.05, 0.1) is 36.7 Å². The summed E-state index contributed by atoms with van der Waals surface area (Å²) in [6.45, 7) is 3.73. The van der Waals surface area contributed by atoms with Crippen LogP contribution in [0.1, 0.15) is 37.7 Å². The van der Waals surface area contributed by atoms with Crippen LogP contribution in [0.15, 0.2) is 48.5 Å². The monoisotopic (exact) mass is 439 g/mol. The highest BCUT2D eigenvalue weighted by Crippen LogP contribution is 2.34. The third-order valence-electron chi connectivity index (χ3n) is 4.78. The van der Waals surface area contributed by atoms with Crippen molar-refractivity contribution in [3.8, 4) is 16.9 Å². The Morgan fingerprint density at radius 3 is 2.03 bits per heavy atom. The van der Waals surface area contributed by atoms with Crippen LogP contribution in [0.2, 0.25) is 5.02 Å². The summed E-state index contributed by atoms with van der Waals surface area (Å²) in [6, 6.07) is 14.5. The third-order valence-corrected chi connectivity index (χ3v) is 5.03. The first kappa shape index (κ1) is 22.3. The highest BCUT2D eigenvalue weighted by Gasteiger charge is 2.27. The molecule has 0 aliphatic rings. The lowest BCUT2D eigenvalue weighted by molar-refractivity contribution is 0.0599. The zero-order valence-corrected chi connectivity index (χ0v) is 18.4. The molecular formula is C24H22ClNO5. The quantitative estimate of drug-likeness (QED) is 0.493. The first-order chi connectivity index (χ1) is 14.8. The van der Waals surface area contributed by atoms with Gasteiger partial charge in [-0.2, -0.15) is 0 Å². The molecule has 0 saturated heterocycles. The number of nitrogens with zero attached hydrogens (tertiary/aromatic N) is 1. The van der Waals surface area contributed by atoms with Crippen LogP contribution in [-0.2, 0) is 16.1 Å². The Balaban J connectivity index is 2.08. The van der Waals surface area contributed by atoms with Crippen molar-refractivity contribution < 1.29 is 23.8 Å². The summed E-state index contributed by atoms with van der Waals surface area (Å²) >= 11 is 5.93. The van der Waals surface area contributed by atoms with E-state index in [2.05, 4.69) is 4.98 Å². The molecule has 0 amide bonds. The number of carbonyl (C=O) groups excluding carboxylic acids is 2. The first-order valence-electron chi connectivity index (χ1n) is 9.51. The number of carbonyl (C=O) groups is 2. The Labute approximate surface area is 185 Å². The summed E-state index contributed by atoms with van der Waals surface area (Å²) in [7, 11) is 2.57. The molecule has 0 aliphatic carbocycles. The molecule has 3 rings (SSSR count). The molecule has 0 saturated carbocycles. The summed E-state index contributed by atoms with van der Waals surface area (Å²) in [5, 5.41) is 0.653. The average molecular weight is 440 g/mol. The number of rotatable bonds is 6. The van der Waals surface area contributed by atoms with Gasteiger partial charge in [0.2, 0.25) is 0 Å². The van der Waals surface area contributed by atoms with E-state index in [9.17, 15) is 9.59 Å². The summed E-state index contributed by atoms with van der Waals surface area (Å²) in [5.41, 5.74) is 3.31. The number of aryl methyl sites for hydroxylation is 2. The minimum atomic E-state index is -0.586. The number of hydrogen-bond acceptors (Lipinski definition) is 6. The minimum Gasteiger partial charge on any atom is -0.489 e. The first-order valence-corrected chi connectivity index (χ1v) is 9.89. The highest BCUT2D eigenvalue weighted by molar-refractivity contribution is 6.30. The van der Waals surface area contributed by atoms with Crippen molar-refractivity contribution in [2.24, 2.45) is 0 Å². The van der Waals surface area contributed by atoms with Crippen molar-refractivity contribution in [3.05, 3.63) is 81.6 Å². The third kappa shape index (κ3) is 4.86. The van der Waals surface area contributed by atoms with Crippen molar-refractivity contribution in [2.75, 3.05) is 14.2 Å². The smallest absolute Gasteiger partial charge is 0.340 e. The van der Waals surface area contributed by atoms with Crippen molar-refractivity contribution in [2.45, 2.75) is 20.5 Å². The molecule has 0 spiro atoms. The van der Waals surface area contributed by atoms with Gasteiger partial charge in [-0.25, -0.2) is 9.59 Å². The predicted molar refractivity (Wildman–Crippen MR) is 118 cm³/mol. The molecule has 0 bridgehead atoms. The van der Waals surface area contributed by atoms with Gasteiger partial charge in [0.15, 0.2) is 0 Å². The molecule has 0 atom stereocenters. The fraction of sp³-hybridized carbons (Fsp3) is 0.208. The zero-order chi connectivity index (χ0) is 22.5. The van der Waals surface area contributed by atoms with Gasteiger partial charge in [-0.3, -0.25) is 4.98 Å². The van der Waals surface area contributed by atoms with Gasteiger partial charge >= 0.3 is 11.9 Å². The van der Waals surface area contributed by atoms with Crippen LogP contribution in [0.5, 0.6) is 5.75 Å². The Hall–Kier alpha value is -3.38. The summed E-state index contributed by atoms with van der Waals surface area (Å²) < 4.78 is 15.8. The van der Waals surface area contributed by atoms with E-state index in [0.717, 1.165) is 5.56 Å². The van der Waals surface area contributed by atoms with E-state index in [1.54, 1.807) is 50.2 Å². The maximum absolute atomic E-state index is 12.6. The van der Waals surface area contributed by atoms with Gasteiger partial charge in [-0.1, -0.05) is 35.9 Å². The molecular weight excluding hydrogens is 418 g/mol. The minimum absolute atomic E-state index is 0.211. The topological polar surface area (TPSA) is 74.7 Å². The number of esters is 2. The maximum Gasteiger partial charge on any atom is 0.340 e. The molecule has 31 heavy (non-hydrogen) atoms. The van der Waals surface area contributed by atoms with Gasteiger partial charge in [0, 0.05) is 10.6 Å². The second-order valence-corrected chi connectivity index (χ2v) is 7.27. The van der Waals surface area contributed by atoms with E-state index in [4.69, 9.17) is 25.8 Å². The van der Waals surface area contributed by atoms with Crippen molar-refractivity contribution in [3.63, 3.8) is 0 Å². The number of ether oxygens (including phenoxy) is 3. The van der Waals surface area contributed by atoms with Crippen molar-refractivity contribution in [1.82, 2.24) is 4.98 Å². The van der Waals surface area contributed by atoms with Crippen molar-refractivity contribution >= 4 is 23.5 Å². The number of methoxy groups -OCH3 is 2. The molecule has 160 valence electrons. The lowest BCUT2D eigenvalue weighted by atomic mass is 9.92. The molecule has 1 aromatic heterocycles. The van der Waals surface area contributed by atoms with Crippen molar-refractivity contribution in [1.29, 1.82) is 0 Å². The lowest BCUT2D eigenvalue weighted by Crippen LogP contribution is -2.16. The van der Waals surface area contributed by atoms with Gasteiger partial charge in [-0.05, 0) is 49.2 Å². The van der Waals surface area contributed by atoms with E-state index in [-0.39, 0.29) is 11.1 Å². The van der Waals surface area contributed by atoms with Crippen LogP contribution in [0, 0.1) is 13.8 Å². The van der Waals surface area contributed by atoms with E-state index in [1.165, 1.54) is 14.2 Å². The molecule has 0 radical (unpaired) electrons. The zero-order valence-electron chi connectivity index (χ0n) is 17.7. The molecule has 0 aliphatic heterocycles. The number of halogens is 1. The van der Waals surface area contributed by atoms with E-state index >= 15 is 0 Å². The Morgan fingerprint density at radius 1 is 0.903 bits per heavy atom. The van der Waals surface area contributed by atoms with E-state index in [1.807, 2.05) is 12.1 Å². The van der Waals surface area contributed by atoms with Crippen LogP contribution in [0.3, 0.4) is 0 Å². The average Bonchev–Trinajstić information content (AvgIpc) is 2.77. The van der Waals surface area contributed by atoms with E-state index < -0.39 is 11.9 Å². The van der Waals surface area contributed by atoms with Crippen LogP contribution in [-0.4, -0.2) is 31.1 Å². The molecule has 3 aromatic rings. The normalized spacial score (nSPS) is 10.5. The SMILES string of the molecule is COC(=O)c1c(C)nc(C)c(C(=O)OC)c1-c1cccc(OCc2ccc(Cl)cc2)c1. The standard InChI is InChI=1S/C24H22ClNO5/c1-14-20(23(27)29-3)22(21(15(2)26-14)24(28)30-4)17-6-5-7-19(12-17)31-13-16-8-10-18(25)11-9-16/h5-12H,13H2,1-4H3. The fourth-order valence-electron chi connectivity index (χ4n) is 3.33. The van der Waals surface area contributed by atoms with E-state index in [0.29, 0.717) is 39.9 Å². The molecule has 0 fully saturated rings. The number of pyridine rings is 1. The van der Waals surface area contributed by atoms with Gasteiger partial charge in [0.25, 0.3) is 0 Å². The van der Waals surface area contributed by atoms with Gasteiger partial charge in [-0.15, -0.1) is 0 Å². The second-order valence-electron chi connectivity index (χ2n) is 6.83. The predicted octanol–water partition coefficient (Wildman–Crippen LogP) is 5.17. The number of aromatic nitrogens is 1. The van der Waals surface area contributed by atoms with Crippen LogP contribution in [0.25, 0.3) is 11.1 Å². The molecule has 0 N–H and O–H groups in total. The Kier molecular flexibility index (Phi) is 6.92. The Morgan fingerprint density at radius 2 is 1.48 bits per heavy atom. The number of hydrogen-bond donors (Lipinski definition) is 0. The molecule has 2 aromatic carbocycles. The Bertz CT molecular complexity index is 1090. The molecule has 0 unspecified atom stereocenters. The fourth-order valence-corrected chi connectivity index (χ4v) is 3.46. The van der Waals surface area contributed by atoms with Gasteiger partial charge in [0.1, 0.15) is 12.4 Å². The number of benzene rings is 2. The largest absolute Gasteiger partial charge is 0.489 e. The second kappa shape index (κ2) is 9.62. The summed E-state index contributed by atoms with van der Waals surface area (Å²) in [5.74, 6) is -0.596. The van der Waals surface area contributed by atoms with Gasteiger partial charge < -0.3 is 14.2 Å².